The van der Waals surface area contributed by atoms with Gasteiger partial charge in [-0.3, -0.25) is 4.90 Å². The highest BCUT2D eigenvalue weighted by molar-refractivity contribution is 5.52. The molecule has 1 fully saturated rings. The molecule has 1 aromatic carbocycles. The summed E-state index contributed by atoms with van der Waals surface area (Å²) >= 11 is 0. The van der Waals surface area contributed by atoms with Crippen LogP contribution in [0.3, 0.4) is 0 Å². The summed E-state index contributed by atoms with van der Waals surface area (Å²) in [5, 5.41) is 10.7. The Labute approximate surface area is 146 Å². The van der Waals surface area contributed by atoms with Gasteiger partial charge in [0.05, 0.1) is 13.2 Å². The van der Waals surface area contributed by atoms with Crippen LogP contribution in [0.25, 0.3) is 0 Å². The number of rotatable bonds is 5. The molecule has 0 radical (unpaired) electrons. The molecule has 1 aliphatic heterocycles. The maximum atomic E-state index is 10.7. The molecule has 0 aromatic heterocycles. The highest BCUT2D eigenvalue weighted by Gasteiger charge is 2.56. The average Bonchev–Trinajstić information content (AvgIpc) is 2.53. The van der Waals surface area contributed by atoms with Gasteiger partial charge in [0.1, 0.15) is 5.75 Å². The van der Waals surface area contributed by atoms with E-state index in [1.165, 1.54) is 11.1 Å². The van der Waals surface area contributed by atoms with Gasteiger partial charge in [0.25, 0.3) is 0 Å². The van der Waals surface area contributed by atoms with Crippen molar-refractivity contribution < 1.29 is 9.84 Å². The van der Waals surface area contributed by atoms with Gasteiger partial charge in [0.15, 0.2) is 0 Å². The van der Waals surface area contributed by atoms with Crippen molar-refractivity contribution >= 4 is 0 Å². The summed E-state index contributed by atoms with van der Waals surface area (Å²) in [6, 6.07) is 4.76. The number of phenols is 1. The maximum Gasteiger partial charge on any atom is 0.122 e. The van der Waals surface area contributed by atoms with E-state index in [4.69, 9.17) is 4.74 Å². The predicted octanol–water partition coefficient (Wildman–Crippen LogP) is 3.82. The average molecular weight is 329 g/mol. The Balaban J connectivity index is 1.93. The van der Waals surface area contributed by atoms with E-state index in [1.807, 2.05) is 6.92 Å². The predicted molar refractivity (Wildman–Crippen MR) is 98.7 cm³/mol. The molecule has 3 heteroatoms. The van der Waals surface area contributed by atoms with Crippen molar-refractivity contribution in [1.82, 2.24) is 4.90 Å². The van der Waals surface area contributed by atoms with Crippen LogP contribution in [-0.4, -0.2) is 42.4 Å². The molecule has 2 aliphatic rings. The molecule has 1 heterocycles. The Morgan fingerprint density at radius 2 is 2.12 bits per heavy atom. The third kappa shape index (κ3) is 2.49. The van der Waals surface area contributed by atoms with E-state index in [1.54, 1.807) is 6.08 Å². The Kier molecular flexibility index (Phi) is 4.52. The molecule has 3 nitrogen and oxygen atoms in total. The summed E-state index contributed by atoms with van der Waals surface area (Å²) < 4.78 is 5.62. The number of ether oxygens (including phenoxy) is 1. The zero-order valence-electron chi connectivity index (χ0n) is 15.6. The van der Waals surface area contributed by atoms with Crippen LogP contribution in [0.2, 0.25) is 0 Å². The number of fused-ring (bicyclic) bond motifs is 4. The van der Waals surface area contributed by atoms with Crippen LogP contribution in [0.1, 0.15) is 43.9 Å². The second-order valence-electron chi connectivity index (χ2n) is 8.18. The number of aromatic hydroxyl groups is 1. The first-order valence-electron chi connectivity index (χ1n) is 9.07. The first-order chi connectivity index (χ1) is 11.3. The number of piperidine rings is 1. The number of hydrogen-bond acceptors (Lipinski definition) is 3. The SMILES string of the molecule is C=CCOCCN1CC[C@@]2(C)c3ccc(C)c(O)c3C[C@@H]1C2(C)C. The van der Waals surface area contributed by atoms with Crippen LogP contribution in [0.5, 0.6) is 5.75 Å². The molecule has 1 N–H and O–H groups in total. The van der Waals surface area contributed by atoms with E-state index in [-0.39, 0.29) is 10.8 Å². The fourth-order valence-corrected chi connectivity index (χ4v) is 4.82. The molecule has 0 saturated carbocycles. The minimum Gasteiger partial charge on any atom is -0.507 e. The topological polar surface area (TPSA) is 32.7 Å². The van der Waals surface area contributed by atoms with Crippen molar-refractivity contribution in [1.29, 1.82) is 0 Å². The Morgan fingerprint density at radius 3 is 2.83 bits per heavy atom. The van der Waals surface area contributed by atoms with E-state index in [9.17, 15) is 5.11 Å². The van der Waals surface area contributed by atoms with Gasteiger partial charge >= 0.3 is 0 Å². The van der Waals surface area contributed by atoms with Gasteiger partial charge in [-0.1, -0.05) is 39.0 Å². The highest BCUT2D eigenvalue weighted by Crippen LogP contribution is 2.57. The van der Waals surface area contributed by atoms with Gasteiger partial charge < -0.3 is 9.84 Å². The molecule has 3 rings (SSSR count). The standard InChI is InChI=1S/C21H31NO2/c1-6-12-24-13-11-22-10-9-21(5)17-8-7-15(2)19(23)16(17)14-18(22)20(21,3)4/h6-8,18,23H,1,9-14H2,2-5H3/t18-,21+/m1/s1. The van der Waals surface area contributed by atoms with Gasteiger partial charge in [-0.2, -0.15) is 0 Å². The van der Waals surface area contributed by atoms with Crippen LogP contribution in [0, 0.1) is 12.3 Å². The number of phenolic OH excluding ortho intramolecular Hbond substituents is 1. The van der Waals surface area contributed by atoms with Crippen molar-refractivity contribution in [2.24, 2.45) is 5.41 Å². The van der Waals surface area contributed by atoms with Crippen molar-refractivity contribution in [3.8, 4) is 5.75 Å². The third-order valence-electron chi connectivity index (χ3n) is 6.83. The Morgan fingerprint density at radius 1 is 1.38 bits per heavy atom. The molecule has 24 heavy (non-hydrogen) atoms. The molecule has 1 aromatic rings. The number of aryl methyl sites for hydroxylation is 1. The molecule has 2 atom stereocenters. The van der Waals surface area contributed by atoms with Crippen LogP contribution in [0.15, 0.2) is 24.8 Å². The lowest BCUT2D eigenvalue weighted by Gasteiger charge is -2.61. The summed E-state index contributed by atoms with van der Waals surface area (Å²) in [7, 11) is 0. The Hall–Kier alpha value is -1.32. The van der Waals surface area contributed by atoms with E-state index in [0.29, 0.717) is 18.4 Å². The minimum atomic E-state index is 0.106. The summed E-state index contributed by atoms with van der Waals surface area (Å²) in [6.45, 7) is 16.3. The first kappa shape index (κ1) is 17.5. The molecule has 0 amide bonds. The van der Waals surface area contributed by atoms with Crippen molar-refractivity contribution in [3.63, 3.8) is 0 Å². The van der Waals surface area contributed by atoms with Crippen LogP contribution in [0.4, 0.5) is 0 Å². The quantitative estimate of drug-likeness (QED) is 0.658. The maximum absolute atomic E-state index is 10.7. The van der Waals surface area contributed by atoms with Crippen molar-refractivity contribution in [2.75, 3.05) is 26.3 Å². The van der Waals surface area contributed by atoms with E-state index in [2.05, 4.69) is 44.4 Å². The molecular formula is C21H31NO2. The molecule has 0 unspecified atom stereocenters. The second-order valence-corrected chi connectivity index (χ2v) is 8.18. The monoisotopic (exact) mass is 329 g/mol. The molecular weight excluding hydrogens is 298 g/mol. The van der Waals surface area contributed by atoms with Gasteiger partial charge in [-0.05, 0) is 48.4 Å². The number of benzene rings is 1. The number of hydrogen-bond donors (Lipinski definition) is 1. The number of likely N-dealkylation sites (tertiary alicyclic amines) is 1. The zero-order chi connectivity index (χ0) is 17.5. The lowest BCUT2D eigenvalue weighted by atomic mass is 9.51. The van der Waals surface area contributed by atoms with Crippen LogP contribution in [-0.2, 0) is 16.6 Å². The lowest BCUT2D eigenvalue weighted by Crippen LogP contribution is -2.64. The van der Waals surface area contributed by atoms with Gasteiger partial charge in [-0.15, -0.1) is 6.58 Å². The summed E-state index contributed by atoms with van der Waals surface area (Å²) in [6.07, 6.45) is 3.84. The Bertz CT molecular complexity index is 637. The highest BCUT2D eigenvalue weighted by atomic mass is 16.5. The van der Waals surface area contributed by atoms with Gasteiger partial charge in [0, 0.05) is 18.0 Å². The largest absolute Gasteiger partial charge is 0.507 e. The van der Waals surface area contributed by atoms with Gasteiger partial charge in [0.2, 0.25) is 0 Å². The fraction of sp³-hybridized carbons (Fsp3) is 0.619. The summed E-state index contributed by atoms with van der Waals surface area (Å²) in [5.41, 5.74) is 3.77. The first-order valence-corrected chi connectivity index (χ1v) is 9.07. The molecule has 2 bridgehead atoms. The summed E-state index contributed by atoms with van der Waals surface area (Å²) in [5.74, 6) is 0.504. The fourth-order valence-electron chi connectivity index (χ4n) is 4.82. The minimum absolute atomic E-state index is 0.106. The molecule has 0 spiro atoms. The molecule has 1 aliphatic carbocycles. The zero-order valence-corrected chi connectivity index (χ0v) is 15.6. The van der Waals surface area contributed by atoms with Crippen LogP contribution < -0.4 is 0 Å². The van der Waals surface area contributed by atoms with Crippen LogP contribution >= 0.6 is 0 Å². The molecule has 132 valence electrons. The third-order valence-corrected chi connectivity index (χ3v) is 6.83. The van der Waals surface area contributed by atoms with Crippen molar-refractivity contribution in [3.05, 3.63) is 41.5 Å². The number of nitrogens with zero attached hydrogens (tertiary/aromatic N) is 1. The normalized spacial score (nSPS) is 28.4. The van der Waals surface area contributed by atoms with E-state index < -0.39 is 0 Å². The van der Waals surface area contributed by atoms with Gasteiger partial charge in [-0.25, -0.2) is 0 Å². The van der Waals surface area contributed by atoms with E-state index >= 15 is 0 Å². The lowest BCUT2D eigenvalue weighted by molar-refractivity contribution is -0.0473. The second kappa shape index (κ2) is 6.20. The smallest absolute Gasteiger partial charge is 0.122 e. The summed E-state index contributed by atoms with van der Waals surface area (Å²) in [4.78, 5) is 2.57. The van der Waals surface area contributed by atoms with Crippen molar-refractivity contribution in [2.45, 2.75) is 52.0 Å². The van der Waals surface area contributed by atoms with E-state index in [0.717, 1.165) is 38.1 Å². The molecule has 1 saturated heterocycles.